The third-order valence-corrected chi connectivity index (χ3v) is 6.27. The van der Waals surface area contributed by atoms with Gasteiger partial charge in [-0.05, 0) is 30.7 Å². The molecule has 0 aliphatic rings. The number of thioether (sulfide) groups is 1. The van der Waals surface area contributed by atoms with Crippen LogP contribution in [0.3, 0.4) is 0 Å². The Balaban J connectivity index is 1.65. The molecule has 31 heavy (non-hydrogen) atoms. The summed E-state index contributed by atoms with van der Waals surface area (Å²) in [5.41, 5.74) is 0.872. The second kappa shape index (κ2) is 9.08. The number of amides is 1. The highest BCUT2D eigenvalue weighted by Gasteiger charge is 2.18. The van der Waals surface area contributed by atoms with Gasteiger partial charge in [0.2, 0.25) is 11.7 Å². The Hall–Kier alpha value is -2.26. The Labute approximate surface area is 196 Å². The van der Waals surface area contributed by atoms with Gasteiger partial charge < -0.3 is 5.32 Å². The number of hydrogen-bond acceptors (Lipinski definition) is 5. The van der Waals surface area contributed by atoms with Gasteiger partial charge in [0.1, 0.15) is 0 Å². The van der Waals surface area contributed by atoms with Crippen LogP contribution in [0.5, 0.6) is 0 Å². The highest BCUT2D eigenvalue weighted by atomic mass is 35.5. The maximum Gasteiger partial charge on any atom is 0.262 e. The van der Waals surface area contributed by atoms with E-state index in [0.717, 1.165) is 6.42 Å². The van der Waals surface area contributed by atoms with Crippen molar-refractivity contribution in [1.29, 1.82) is 0 Å². The molecule has 0 saturated carbocycles. The highest BCUT2D eigenvalue weighted by Crippen LogP contribution is 2.34. The first-order valence-electron chi connectivity index (χ1n) is 9.34. The normalized spacial score (nSPS) is 11.4. The number of nitrogens with one attached hydrogen (secondary N) is 1. The predicted octanol–water partition coefficient (Wildman–Crippen LogP) is 5.15. The monoisotopic (exact) mass is 495 g/mol. The van der Waals surface area contributed by atoms with Gasteiger partial charge in [-0.2, -0.15) is 0 Å². The molecule has 0 saturated heterocycles. The first-order valence-corrected chi connectivity index (χ1v) is 11.5. The van der Waals surface area contributed by atoms with Crippen LogP contribution < -0.4 is 10.9 Å². The van der Waals surface area contributed by atoms with E-state index < -0.39 is 0 Å². The summed E-state index contributed by atoms with van der Waals surface area (Å²) < 4.78 is 3.40. The molecule has 1 amide bonds. The summed E-state index contributed by atoms with van der Waals surface area (Å²) in [6.07, 6.45) is 0.772. The molecular formula is C20H16Cl3N5O2S. The SMILES string of the molecule is CCCn1c(=O)c2ccccc2n2c(SCC(=O)Nc3c(Cl)cc(Cl)cc3Cl)nnc12. The van der Waals surface area contributed by atoms with Crippen molar-refractivity contribution in [3.05, 3.63) is 61.8 Å². The molecule has 0 aliphatic heterocycles. The van der Waals surface area contributed by atoms with E-state index in [2.05, 4.69) is 15.5 Å². The van der Waals surface area contributed by atoms with Crippen LogP contribution in [-0.4, -0.2) is 30.8 Å². The van der Waals surface area contributed by atoms with E-state index in [1.807, 2.05) is 25.1 Å². The Kier molecular flexibility index (Phi) is 6.43. The summed E-state index contributed by atoms with van der Waals surface area (Å²) in [6, 6.07) is 10.3. The van der Waals surface area contributed by atoms with Crippen molar-refractivity contribution in [3.8, 4) is 0 Å². The summed E-state index contributed by atoms with van der Waals surface area (Å²) in [6.45, 7) is 2.51. The van der Waals surface area contributed by atoms with E-state index in [1.54, 1.807) is 15.0 Å². The molecule has 0 atom stereocenters. The minimum atomic E-state index is -0.320. The van der Waals surface area contributed by atoms with Crippen molar-refractivity contribution in [2.75, 3.05) is 11.1 Å². The van der Waals surface area contributed by atoms with Crippen molar-refractivity contribution in [2.45, 2.75) is 25.0 Å². The molecule has 11 heteroatoms. The maximum absolute atomic E-state index is 12.9. The van der Waals surface area contributed by atoms with Crippen LogP contribution >= 0.6 is 46.6 Å². The van der Waals surface area contributed by atoms with Crippen LogP contribution in [0.1, 0.15) is 13.3 Å². The van der Waals surface area contributed by atoms with E-state index in [1.165, 1.54) is 23.9 Å². The first-order chi connectivity index (χ1) is 14.9. The average molecular weight is 497 g/mol. The Bertz CT molecular complexity index is 1350. The molecule has 0 spiro atoms. The molecular weight excluding hydrogens is 481 g/mol. The maximum atomic E-state index is 12.9. The second-order valence-electron chi connectivity index (χ2n) is 6.67. The number of nitrogens with zero attached hydrogens (tertiary/aromatic N) is 4. The minimum Gasteiger partial charge on any atom is -0.323 e. The predicted molar refractivity (Wildman–Crippen MR) is 126 cm³/mol. The van der Waals surface area contributed by atoms with Gasteiger partial charge in [0.05, 0.1) is 32.4 Å². The zero-order valence-corrected chi connectivity index (χ0v) is 19.3. The van der Waals surface area contributed by atoms with Crippen LogP contribution in [0.25, 0.3) is 16.7 Å². The minimum absolute atomic E-state index is 0.0390. The van der Waals surface area contributed by atoms with Gasteiger partial charge in [-0.15, -0.1) is 10.2 Å². The molecule has 2 aromatic carbocycles. The van der Waals surface area contributed by atoms with Gasteiger partial charge >= 0.3 is 0 Å². The zero-order valence-electron chi connectivity index (χ0n) is 16.2. The lowest BCUT2D eigenvalue weighted by Crippen LogP contribution is -2.23. The van der Waals surface area contributed by atoms with Gasteiger partial charge in [0.15, 0.2) is 5.16 Å². The Morgan fingerprint density at radius 1 is 1.13 bits per heavy atom. The van der Waals surface area contributed by atoms with Crippen molar-refractivity contribution in [2.24, 2.45) is 0 Å². The van der Waals surface area contributed by atoms with Crippen molar-refractivity contribution in [1.82, 2.24) is 19.2 Å². The summed E-state index contributed by atoms with van der Waals surface area (Å²) in [5, 5.41) is 13.1. The van der Waals surface area contributed by atoms with Crippen LogP contribution in [-0.2, 0) is 11.3 Å². The molecule has 0 radical (unpaired) electrons. The number of hydrogen-bond donors (Lipinski definition) is 1. The molecule has 4 rings (SSSR count). The molecule has 0 unspecified atom stereocenters. The number of aryl methyl sites for hydroxylation is 1. The third kappa shape index (κ3) is 4.25. The molecule has 1 N–H and O–H groups in total. The summed E-state index contributed by atoms with van der Waals surface area (Å²) in [4.78, 5) is 25.4. The number of carbonyl (C=O) groups is 1. The fourth-order valence-electron chi connectivity index (χ4n) is 3.22. The number of benzene rings is 2. The molecule has 4 aromatic rings. The van der Waals surface area contributed by atoms with E-state index >= 15 is 0 Å². The quantitative estimate of drug-likeness (QED) is 0.374. The number of anilines is 1. The number of aromatic nitrogens is 4. The standard InChI is InChI=1S/C20H16Cl3N5O2S/c1-2-7-27-18(30)12-5-3-4-6-15(12)28-19(27)25-26-20(28)31-10-16(29)24-17-13(22)8-11(21)9-14(17)23/h3-6,8-9H,2,7,10H2,1H3,(H,24,29). The van der Waals surface area contributed by atoms with Gasteiger partial charge in [-0.25, -0.2) is 0 Å². The fraction of sp³-hybridized carbons (Fsp3) is 0.200. The summed E-state index contributed by atoms with van der Waals surface area (Å²) in [5.74, 6) is 0.161. The average Bonchev–Trinajstić information content (AvgIpc) is 3.16. The van der Waals surface area contributed by atoms with Crippen LogP contribution in [0.4, 0.5) is 5.69 Å². The van der Waals surface area contributed by atoms with Gasteiger partial charge in [0.25, 0.3) is 5.56 Å². The van der Waals surface area contributed by atoms with E-state index in [-0.39, 0.29) is 27.3 Å². The van der Waals surface area contributed by atoms with E-state index in [0.29, 0.717) is 39.1 Å². The topological polar surface area (TPSA) is 81.3 Å². The van der Waals surface area contributed by atoms with Gasteiger partial charge in [-0.3, -0.25) is 18.6 Å². The Morgan fingerprint density at radius 2 is 1.84 bits per heavy atom. The second-order valence-corrected chi connectivity index (χ2v) is 8.87. The highest BCUT2D eigenvalue weighted by molar-refractivity contribution is 7.99. The largest absolute Gasteiger partial charge is 0.323 e. The Morgan fingerprint density at radius 3 is 2.55 bits per heavy atom. The molecule has 0 bridgehead atoms. The third-order valence-electron chi connectivity index (χ3n) is 4.53. The van der Waals surface area contributed by atoms with Crippen LogP contribution in [0.2, 0.25) is 15.1 Å². The molecule has 2 heterocycles. The lowest BCUT2D eigenvalue weighted by molar-refractivity contribution is -0.113. The summed E-state index contributed by atoms with van der Waals surface area (Å²) >= 11 is 19.4. The van der Waals surface area contributed by atoms with Crippen LogP contribution in [0.15, 0.2) is 46.3 Å². The smallest absolute Gasteiger partial charge is 0.262 e. The number of rotatable bonds is 6. The number of para-hydroxylation sites is 1. The number of carbonyl (C=O) groups excluding carboxylic acids is 1. The first kappa shape index (κ1) is 22.0. The molecule has 2 aromatic heterocycles. The number of halogens is 3. The number of fused-ring (bicyclic) bond motifs is 3. The van der Waals surface area contributed by atoms with Crippen molar-refractivity contribution in [3.63, 3.8) is 0 Å². The van der Waals surface area contributed by atoms with Gasteiger partial charge in [-0.1, -0.05) is 65.6 Å². The zero-order chi connectivity index (χ0) is 22.1. The molecule has 160 valence electrons. The van der Waals surface area contributed by atoms with Gasteiger partial charge in [0, 0.05) is 11.6 Å². The fourth-order valence-corrected chi connectivity index (χ4v) is 4.87. The molecule has 7 nitrogen and oxygen atoms in total. The van der Waals surface area contributed by atoms with Crippen LogP contribution in [0, 0.1) is 0 Å². The summed E-state index contributed by atoms with van der Waals surface area (Å²) in [7, 11) is 0. The molecule has 0 fully saturated rings. The lowest BCUT2D eigenvalue weighted by atomic mass is 10.2. The molecule has 0 aliphatic carbocycles. The van der Waals surface area contributed by atoms with Crippen molar-refractivity contribution >= 4 is 74.8 Å². The van der Waals surface area contributed by atoms with Crippen molar-refractivity contribution < 1.29 is 4.79 Å². The lowest BCUT2D eigenvalue weighted by Gasteiger charge is -2.11. The van der Waals surface area contributed by atoms with E-state index in [4.69, 9.17) is 34.8 Å². The van der Waals surface area contributed by atoms with E-state index in [9.17, 15) is 9.59 Å².